The van der Waals surface area contributed by atoms with Crippen molar-refractivity contribution in [2.45, 2.75) is 0 Å². The van der Waals surface area contributed by atoms with Crippen molar-refractivity contribution in [3.8, 4) is 50.8 Å². The van der Waals surface area contributed by atoms with E-state index in [0.717, 1.165) is 83.2 Å². The Balaban J connectivity index is 0.900. The van der Waals surface area contributed by atoms with Crippen LogP contribution in [0.2, 0.25) is 0 Å². The quantitative estimate of drug-likeness (QED) is 0.167. The highest BCUT2D eigenvalue weighted by Gasteiger charge is 2.23. The molecule has 0 aliphatic carbocycles. The van der Waals surface area contributed by atoms with Crippen LogP contribution in [0.25, 0.3) is 138 Å². The number of nitrogens with zero attached hydrogens (tertiary/aromatic N) is 5. The molecule has 0 radical (unpaired) electrons. The van der Waals surface area contributed by atoms with Crippen molar-refractivity contribution in [1.82, 2.24) is 23.7 Å². The molecule has 70 heavy (non-hydrogen) atoms. The molecule has 10 aromatic carbocycles. The van der Waals surface area contributed by atoms with Crippen LogP contribution < -0.4 is 0 Å². The summed E-state index contributed by atoms with van der Waals surface area (Å²) in [6.07, 6.45) is 0. The van der Waals surface area contributed by atoms with Crippen LogP contribution in [0, 0.1) is 0 Å². The molecule has 0 aliphatic heterocycles. The van der Waals surface area contributed by atoms with E-state index in [1.807, 2.05) is 18.2 Å². The van der Waals surface area contributed by atoms with Gasteiger partial charge in [0.05, 0.1) is 33.1 Å². The number of fused-ring (bicyclic) bond motifs is 12. The molecule has 0 saturated heterocycles. The Labute approximate surface area is 401 Å². The molecule has 326 valence electrons. The highest BCUT2D eigenvalue weighted by atomic mass is 16.3. The summed E-state index contributed by atoms with van der Waals surface area (Å²) in [7, 11) is 0. The summed E-state index contributed by atoms with van der Waals surface area (Å²) in [6, 6.07) is 84.4. The zero-order chi connectivity index (χ0) is 45.9. The van der Waals surface area contributed by atoms with Gasteiger partial charge >= 0.3 is 0 Å². The molecule has 0 spiro atoms. The molecule has 5 heterocycles. The lowest BCUT2D eigenvalue weighted by molar-refractivity contribution is 0.666. The maximum atomic E-state index is 6.76. The normalized spacial score (nSPS) is 12.0. The van der Waals surface area contributed by atoms with Gasteiger partial charge in [0.25, 0.3) is 0 Å². The molecule has 6 nitrogen and oxygen atoms in total. The Bertz CT molecular complexity index is 4540. The molecule has 0 unspecified atom stereocenters. The van der Waals surface area contributed by atoms with Gasteiger partial charge in [0.2, 0.25) is 5.95 Å². The van der Waals surface area contributed by atoms with E-state index >= 15 is 0 Å². The van der Waals surface area contributed by atoms with Gasteiger partial charge in [-0.3, -0.25) is 4.57 Å². The van der Waals surface area contributed by atoms with Crippen molar-refractivity contribution in [3.05, 3.63) is 237 Å². The lowest BCUT2D eigenvalue weighted by Crippen LogP contribution is -2.02. The minimum absolute atomic E-state index is 0.585. The first-order valence-corrected chi connectivity index (χ1v) is 23.7. The van der Waals surface area contributed by atoms with E-state index in [9.17, 15) is 0 Å². The fourth-order valence-corrected chi connectivity index (χ4v) is 11.1. The molecule has 0 N–H and O–H groups in total. The van der Waals surface area contributed by atoms with E-state index in [-0.39, 0.29) is 0 Å². The molecule has 0 saturated carbocycles. The first-order chi connectivity index (χ1) is 34.7. The summed E-state index contributed by atoms with van der Waals surface area (Å²) in [5, 5.41) is 8.13. The lowest BCUT2D eigenvalue weighted by Gasteiger charge is -2.11. The Kier molecular flexibility index (Phi) is 8.26. The monoisotopic (exact) mass is 893 g/mol. The topological polar surface area (TPSA) is 53.7 Å². The van der Waals surface area contributed by atoms with Crippen LogP contribution >= 0.6 is 0 Å². The molecule has 15 aromatic rings. The van der Waals surface area contributed by atoms with Gasteiger partial charge in [-0.05, 0) is 107 Å². The third-order valence-electron chi connectivity index (χ3n) is 14.3. The average Bonchev–Trinajstić information content (AvgIpc) is 4.17. The lowest BCUT2D eigenvalue weighted by atomic mass is 10.0. The van der Waals surface area contributed by atoms with Crippen molar-refractivity contribution >= 4 is 87.5 Å². The van der Waals surface area contributed by atoms with Gasteiger partial charge < -0.3 is 13.6 Å². The van der Waals surface area contributed by atoms with Crippen LogP contribution in [0.5, 0.6) is 0 Å². The Morgan fingerprint density at radius 3 is 1.33 bits per heavy atom. The summed E-state index contributed by atoms with van der Waals surface area (Å²) in [4.78, 5) is 10.9. The van der Waals surface area contributed by atoms with Gasteiger partial charge in [0.15, 0.2) is 5.58 Å². The summed E-state index contributed by atoms with van der Waals surface area (Å²) in [5.41, 5.74) is 17.4. The van der Waals surface area contributed by atoms with E-state index < -0.39 is 0 Å². The first-order valence-electron chi connectivity index (χ1n) is 23.7. The largest absolute Gasteiger partial charge is 0.452 e. The molecule has 6 heteroatoms. The summed E-state index contributed by atoms with van der Waals surface area (Å²) in [5.74, 6) is 0.585. The number of benzene rings is 10. The third-order valence-corrected chi connectivity index (χ3v) is 14.3. The predicted octanol–water partition coefficient (Wildman–Crippen LogP) is 16.7. The van der Waals surface area contributed by atoms with E-state index in [4.69, 9.17) is 14.4 Å². The van der Waals surface area contributed by atoms with Crippen molar-refractivity contribution in [1.29, 1.82) is 0 Å². The van der Waals surface area contributed by atoms with Crippen LogP contribution in [0.3, 0.4) is 0 Å². The highest BCUT2D eigenvalue weighted by molar-refractivity contribution is 6.14. The number of hydrogen-bond donors (Lipinski definition) is 0. The second-order valence-electron chi connectivity index (χ2n) is 18.2. The van der Waals surface area contributed by atoms with Gasteiger partial charge in [-0.25, -0.2) is 9.97 Å². The molecule has 0 bridgehead atoms. The summed E-state index contributed by atoms with van der Waals surface area (Å²) in [6.45, 7) is 0. The Morgan fingerprint density at radius 2 is 0.714 bits per heavy atom. The summed E-state index contributed by atoms with van der Waals surface area (Å²) < 4.78 is 13.7. The minimum Gasteiger partial charge on any atom is -0.452 e. The first kappa shape index (κ1) is 38.6. The molecule has 0 aliphatic rings. The number of para-hydroxylation sites is 5. The van der Waals surface area contributed by atoms with Crippen molar-refractivity contribution in [2.75, 3.05) is 0 Å². The number of hydrogen-bond acceptors (Lipinski definition) is 3. The van der Waals surface area contributed by atoms with Crippen LogP contribution in [0.15, 0.2) is 241 Å². The highest BCUT2D eigenvalue weighted by Crippen LogP contribution is 2.41. The van der Waals surface area contributed by atoms with Crippen molar-refractivity contribution in [3.63, 3.8) is 0 Å². The zero-order valence-electron chi connectivity index (χ0n) is 37.7. The second-order valence-corrected chi connectivity index (χ2v) is 18.2. The maximum absolute atomic E-state index is 6.76. The fourth-order valence-electron chi connectivity index (χ4n) is 11.1. The second kappa shape index (κ2) is 15.0. The van der Waals surface area contributed by atoms with E-state index in [1.54, 1.807) is 0 Å². The molecule has 0 atom stereocenters. The van der Waals surface area contributed by atoms with Crippen LogP contribution in [-0.4, -0.2) is 23.7 Å². The van der Waals surface area contributed by atoms with Gasteiger partial charge in [0, 0.05) is 54.6 Å². The smallest absolute Gasteiger partial charge is 0.236 e. The SMILES string of the molecule is c1ccc(-c2nc(-n3c4ccccc4c4cc(-c5ccc6c(c5)c5ccccc5n6-c5ccccc5)ccc43)nc3c2oc2ccc(-c4cccc(-n5c6ccccc6c6ccccc65)c4)cc23)cc1. The van der Waals surface area contributed by atoms with Crippen LogP contribution in [-0.2, 0) is 0 Å². The average molecular weight is 894 g/mol. The summed E-state index contributed by atoms with van der Waals surface area (Å²) >= 11 is 0. The Morgan fingerprint density at radius 1 is 0.286 bits per heavy atom. The number of aromatic nitrogens is 5. The maximum Gasteiger partial charge on any atom is 0.236 e. The van der Waals surface area contributed by atoms with Gasteiger partial charge in [-0.15, -0.1) is 0 Å². The van der Waals surface area contributed by atoms with Crippen molar-refractivity contribution in [2.24, 2.45) is 0 Å². The zero-order valence-corrected chi connectivity index (χ0v) is 37.7. The fraction of sp³-hybridized carbons (Fsp3) is 0. The van der Waals surface area contributed by atoms with E-state index in [2.05, 4.69) is 232 Å². The molecular weight excluding hydrogens is 855 g/mol. The molecule has 0 fully saturated rings. The van der Waals surface area contributed by atoms with Crippen LogP contribution in [0.1, 0.15) is 0 Å². The van der Waals surface area contributed by atoms with Crippen LogP contribution in [0.4, 0.5) is 0 Å². The van der Waals surface area contributed by atoms with E-state index in [0.29, 0.717) is 11.5 Å². The standard InChI is InChI=1S/C64H39N5O/c1-3-16-40(17-4-1)61-63-62(53-39-44(32-35-60(53)70-63)41-18-15-21-46(36-41)68-54-26-11-7-22-47(54)48-23-8-12-27-55(48)68)66-64(65-61)69-57-29-14-10-25-50(57)52-38-43(31-34-59(52)69)42-30-33-58-51(37-42)49-24-9-13-28-56(49)67(58)45-19-5-2-6-20-45/h1-39H. The Hall–Kier alpha value is -9.52. The van der Waals surface area contributed by atoms with E-state index in [1.165, 1.54) is 43.6 Å². The molecule has 15 rings (SSSR count). The number of rotatable bonds is 6. The molecule has 0 amide bonds. The molecular formula is C64H39N5O. The third kappa shape index (κ3) is 5.74. The van der Waals surface area contributed by atoms with Gasteiger partial charge in [-0.2, -0.15) is 0 Å². The molecule has 5 aromatic heterocycles. The predicted molar refractivity (Wildman–Crippen MR) is 289 cm³/mol. The minimum atomic E-state index is 0.585. The van der Waals surface area contributed by atoms with Crippen molar-refractivity contribution < 1.29 is 4.42 Å². The van der Waals surface area contributed by atoms with Gasteiger partial charge in [0.1, 0.15) is 16.8 Å². The number of furan rings is 1. The van der Waals surface area contributed by atoms with Gasteiger partial charge in [-0.1, -0.05) is 152 Å².